The smallest absolute Gasteiger partial charge is 0.337 e. The van der Waals surface area contributed by atoms with Crippen LogP contribution in [0.4, 0.5) is 10.1 Å². The van der Waals surface area contributed by atoms with Crippen molar-refractivity contribution in [1.29, 1.82) is 0 Å². The van der Waals surface area contributed by atoms with Gasteiger partial charge in [-0.2, -0.15) is 0 Å². The molecular formula is C23H26FNO2. The van der Waals surface area contributed by atoms with Crippen molar-refractivity contribution in [1.82, 2.24) is 0 Å². The Morgan fingerprint density at radius 3 is 2.48 bits per heavy atom. The van der Waals surface area contributed by atoms with Crippen LogP contribution in [0.15, 0.2) is 29.8 Å². The normalized spacial score (nSPS) is 16.2. The Hall–Kier alpha value is -2.62. The molecule has 0 radical (unpaired) electrons. The van der Waals surface area contributed by atoms with Gasteiger partial charge in [0.15, 0.2) is 0 Å². The highest BCUT2D eigenvalue weighted by molar-refractivity contribution is 5.94. The molecule has 2 aromatic carbocycles. The summed E-state index contributed by atoms with van der Waals surface area (Å²) in [7, 11) is 0. The van der Waals surface area contributed by atoms with E-state index in [-0.39, 0.29) is 11.5 Å². The molecule has 1 unspecified atom stereocenters. The number of carboxylic acids is 1. The molecule has 27 heavy (non-hydrogen) atoms. The van der Waals surface area contributed by atoms with Crippen LogP contribution in [0, 0.1) is 13.8 Å². The lowest BCUT2D eigenvalue weighted by Crippen LogP contribution is -2.11. The molecular weight excluding hydrogens is 341 g/mol. The van der Waals surface area contributed by atoms with Gasteiger partial charge < -0.3 is 10.8 Å². The van der Waals surface area contributed by atoms with Crippen LogP contribution >= 0.6 is 0 Å². The molecule has 0 aromatic heterocycles. The van der Waals surface area contributed by atoms with Gasteiger partial charge in [0.05, 0.1) is 5.56 Å². The number of aryl methyl sites for hydroxylation is 2. The highest BCUT2D eigenvalue weighted by Gasteiger charge is 2.28. The highest BCUT2D eigenvalue weighted by Crippen LogP contribution is 2.42. The van der Waals surface area contributed by atoms with Crippen LogP contribution in [0.2, 0.25) is 0 Å². The van der Waals surface area contributed by atoms with Gasteiger partial charge in [-0.25, -0.2) is 9.18 Å². The number of alkyl halides is 1. The van der Waals surface area contributed by atoms with Gasteiger partial charge in [-0.15, -0.1) is 0 Å². The first-order valence-corrected chi connectivity index (χ1v) is 9.16. The minimum Gasteiger partial charge on any atom is -0.478 e. The SMILES string of the molecule is Cc1cc(C(C)(C)F)cc2c1C=C(Cc1c(C)ccc(C(=O)O)c1N)C2C. The van der Waals surface area contributed by atoms with Crippen molar-refractivity contribution in [3.63, 3.8) is 0 Å². The molecule has 0 saturated heterocycles. The van der Waals surface area contributed by atoms with Crippen LogP contribution < -0.4 is 5.73 Å². The number of halogens is 1. The summed E-state index contributed by atoms with van der Waals surface area (Å²) in [4.78, 5) is 11.4. The topological polar surface area (TPSA) is 63.3 Å². The molecule has 0 amide bonds. The van der Waals surface area contributed by atoms with Crippen LogP contribution in [-0.4, -0.2) is 11.1 Å². The second kappa shape index (κ2) is 6.52. The van der Waals surface area contributed by atoms with Crippen molar-refractivity contribution in [2.24, 2.45) is 0 Å². The Balaban J connectivity index is 2.02. The van der Waals surface area contributed by atoms with Crippen LogP contribution in [0.5, 0.6) is 0 Å². The van der Waals surface area contributed by atoms with Gasteiger partial charge >= 0.3 is 5.97 Å². The van der Waals surface area contributed by atoms with E-state index in [1.54, 1.807) is 26.0 Å². The van der Waals surface area contributed by atoms with E-state index in [1.807, 2.05) is 26.0 Å². The zero-order chi connectivity index (χ0) is 20.1. The van der Waals surface area contributed by atoms with Crippen LogP contribution in [0.1, 0.15) is 70.4 Å². The Morgan fingerprint density at radius 1 is 1.22 bits per heavy atom. The number of hydrogen-bond acceptors (Lipinski definition) is 2. The molecule has 0 spiro atoms. The Labute approximate surface area is 159 Å². The maximum absolute atomic E-state index is 14.5. The number of aromatic carboxylic acids is 1. The first-order chi connectivity index (χ1) is 12.5. The first-order valence-electron chi connectivity index (χ1n) is 9.16. The van der Waals surface area contributed by atoms with Gasteiger partial charge in [-0.05, 0) is 73.6 Å². The number of rotatable bonds is 4. The van der Waals surface area contributed by atoms with Crippen molar-refractivity contribution < 1.29 is 14.3 Å². The third-order valence-corrected chi connectivity index (χ3v) is 5.66. The summed E-state index contributed by atoms with van der Waals surface area (Å²) in [6.45, 7) is 9.20. The molecule has 0 saturated carbocycles. The average Bonchev–Trinajstić information content (AvgIpc) is 2.87. The summed E-state index contributed by atoms with van der Waals surface area (Å²) in [6, 6.07) is 7.23. The number of anilines is 1. The first kappa shape index (κ1) is 19.2. The molecule has 3 N–H and O–H groups in total. The van der Waals surface area contributed by atoms with E-state index in [4.69, 9.17) is 5.73 Å². The molecule has 1 aliphatic carbocycles. The molecule has 0 fully saturated rings. The lowest BCUT2D eigenvalue weighted by Gasteiger charge is -2.20. The van der Waals surface area contributed by atoms with Gasteiger partial charge in [0.1, 0.15) is 5.67 Å². The zero-order valence-corrected chi connectivity index (χ0v) is 16.5. The van der Waals surface area contributed by atoms with Crippen molar-refractivity contribution in [2.45, 2.75) is 52.6 Å². The Morgan fingerprint density at radius 2 is 1.89 bits per heavy atom. The van der Waals surface area contributed by atoms with Crippen LogP contribution in [0.25, 0.3) is 6.08 Å². The number of allylic oxidation sites excluding steroid dienone is 1. The van der Waals surface area contributed by atoms with E-state index in [2.05, 4.69) is 13.0 Å². The predicted octanol–water partition coefficient (Wildman–Crippen LogP) is 5.53. The van der Waals surface area contributed by atoms with Gasteiger partial charge in [0, 0.05) is 11.6 Å². The number of carboxylic acid groups (broad SMARTS) is 1. The van der Waals surface area contributed by atoms with Crippen molar-refractivity contribution in [3.05, 3.63) is 68.8 Å². The minimum absolute atomic E-state index is 0.133. The molecule has 1 atom stereocenters. The molecule has 1 aliphatic rings. The third-order valence-electron chi connectivity index (χ3n) is 5.66. The van der Waals surface area contributed by atoms with E-state index in [9.17, 15) is 14.3 Å². The summed E-state index contributed by atoms with van der Waals surface area (Å²) in [5, 5.41) is 9.35. The van der Waals surface area contributed by atoms with Crippen molar-refractivity contribution in [3.8, 4) is 0 Å². The summed E-state index contributed by atoms with van der Waals surface area (Å²) in [6.07, 6.45) is 2.74. The molecule has 0 heterocycles. The number of carbonyl (C=O) groups is 1. The van der Waals surface area contributed by atoms with Crippen molar-refractivity contribution in [2.75, 3.05) is 5.73 Å². The second-order valence-corrected chi connectivity index (χ2v) is 8.01. The summed E-state index contributed by atoms with van der Waals surface area (Å²) >= 11 is 0. The number of nitrogens with two attached hydrogens (primary N) is 1. The van der Waals surface area contributed by atoms with E-state index in [0.717, 1.165) is 27.8 Å². The average molecular weight is 367 g/mol. The number of benzene rings is 2. The van der Waals surface area contributed by atoms with E-state index in [1.165, 1.54) is 5.57 Å². The Kier molecular flexibility index (Phi) is 4.62. The molecule has 3 rings (SSSR count). The van der Waals surface area contributed by atoms with Gasteiger partial charge in [-0.3, -0.25) is 0 Å². The molecule has 2 aromatic rings. The summed E-state index contributed by atoms with van der Waals surface area (Å²) in [5.41, 5.74) is 12.2. The molecule has 142 valence electrons. The largest absolute Gasteiger partial charge is 0.478 e. The molecule has 0 aliphatic heterocycles. The lowest BCUT2D eigenvalue weighted by atomic mass is 9.87. The highest BCUT2D eigenvalue weighted by atomic mass is 19.1. The predicted molar refractivity (Wildman–Crippen MR) is 108 cm³/mol. The fourth-order valence-corrected chi connectivity index (χ4v) is 3.84. The van der Waals surface area contributed by atoms with E-state index in [0.29, 0.717) is 17.7 Å². The lowest BCUT2D eigenvalue weighted by molar-refractivity contribution is 0.0698. The Bertz CT molecular complexity index is 967. The standard InChI is InChI=1S/C23H26FNO2/c1-12-6-7-17(22(26)27)21(25)19(12)10-15-9-18-13(2)8-16(23(4,5)24)11-20(18)14(15)3/h6-9,11,14H,10,25H2,1-5H3,(H,26,27). The number of fused-ring (bicyclic) bond motifs is 1. The minimum atomic E-state index is -1.39. The summed E-state index contributed by atoms with van der Waals surface area (Å²) < 4.78 is 14.5. The fourth-order valence-electron chi connectivity index (χ4n) is 3.84. The third kappa shape index (κ3) is 3.36. The van der Waals surface area contributed by atoms with E-state index < -0.39 is 11.6 Å². The quantitative estimate of drug-likeness (QED) is 0.698. The van der Waals surface area contributed by atoms with Crippen molar-refractivity contribution >= 4 is 17.7 Å². The van der Waals surface area contributed by atoms with Gasteiger partial charge in [-0.1, -0.05) is 36.8 Å². The molecule has 4 heteroatoms. The number of hydrogen-bond donors (Lipinski definition) is 2. The number of nitrogen functional groups attached to an aromatic ring is 1. The van der Waals surface area contributed by atoms with Crippen LogP contribution in [0.3, 0.4) is 0 Å². The monoisotopic (exact) mass is 367 g/mol. The second-order valence-electron chi connectivity index (χ2n) is 8.01. The molecule has 0 bridgehead atoms. The zero-order valence-electron chi connectivity index (χ0n) is 16.5. The van der Waals surface area contributed by atoms with Gasteiger partial charge in [0.25, 0.3) is 0 Å². The maximum Gasteiger partial charge on any atom is 0.337 e. The maximum atomic E-state index is 14.5. The van der Waals surface area contributed by atoms with E-state index >= 15 is 0 Å². The van der Waals surface area contributed by atoms with Crippen LogP contribution in [-0.2, 0) is 12.1 Å². The fraction of sp³-hybridized carbons (Fsp3) is 0.348. The summed E-state index contributed by atoms with van der Waals surface area (Å²) in [5.74, 6) is -0.885. The van der Waals surface area contributed by atoms with Gasteiger partial charge in [0.2, 0.25) is 0 Å². The molecule has 3 nitrogen and oxygen atoms in total.